The van der Waals surface area contributed by atoms with E-state index >= 15 is 0 Å². The van der Waals surface area contributed by atoms with Crippen LogP contribution in [0.1, 0.15) is 12.8 Å². The summed E-state index contributed by atoms with van der Waals surface area (Å²) < 4.78 is 11.2. The molecule has 3 rings (SSSR count). The molecular weight excluding hydrogens is 314 g/mol. The van der Waals surface area contributed by atoms with E-state index in [1.54, 1.807) is 12.1 Å². The van der Waals surface area contributed by atoms with E-state index in [0.29, 0.717) is 30.0 Å². The molecule has 2 aromatic carbocycles. The van der Waals surface area contributed by atoms with Crippen molar-refractivity contribution < 1.29 is 9.15 Å². The summed E-state index contributed by atoms with van der Waals surface area (Å²) in [7, 11) is 0. The number of nitrogens with zero attached hydrogens (tertiary/aromatic N) is 2. The molecule has 1 aromatic heterocycles. The maximum absolute atomic E-state index is 5.97. The molecule has 5 nitrogen and oxygen atoms in total. The van der Waals surface area contributed by atoms with Crippen LogP contribution in [0.3, 0.4) is 0 Å². The van der Waals surface area contributed by atoms with E-state index in [0.717, 1.165) is 17.0 Å². The van der Waals surface area contributed by atoms with Crippen molar-refractivity contribution >= 4 is 17.3 Å². The highest BCUT2D eigenvalue weighted by Gasteiger charge is 2.10. The lowest BCUT2D eigenvalue weighted by molar-refractivity contribution is 0.341. The Morgan fingerprint density at radius 3 is 2.83 bits per heavy atom. The lowest BCUT2D eigenvalue weighted by Gasteiger charge is -2.10. The lowest BCUT2D eigenvalue weighted by Crippen LogP contribution is -2.02. The molecule has 0 radical (unpaired) electrons. The number of ether oxygens (including phenoxy) is 1. The molecule has 3 aromatic rings. The van der Waals surface area contributed by atoms with Gasteiger partial charge in [-0.25, -0.2) is 0 Å². The van der Waals surface area contributed by atoms with Gasteiger partial charge in [0.2, 0.25) is 11.8 Å². The summed E-state index contributed by atoms with van der Waals surface area (Å²) in [5.74, 6) is 1.73. The molecule has 0 saturated carbocycles. The Bertz CT molecular complexity index is 789. The SMILES string of the molecule is CCOc1ccccc1NCc1nnc(-c2cccc(Cl)c2)o1. The molecular formula is C17H16ClN3O2. The predicted molar refractivity (Wildman–Crippen MR) is 89.7 cm³/mol. The average Bonchev–Trinajstić information content (AvgIpc) is 3.03. The van der Waals surface area contributed by atoms with Gasteiger partial charge in [0.25, 0.3) is 0 Å². The van der Waals surface area contributed by atoms with Gasteiger partial charge in [-0.3, -0.25) is 0 Å². The summed E-state index contributed by atoms with van der Waals surface area (Å²) >= 11 is 5.97. The Morgan fingerprint density at radius 2 is 2.00 bits per heavy atom. The van der Waals surface area contributed by atoms with Crippen LogP contribution < -0.4 is 10.1 Å². The van der Waals surface area contributed by atoms with E-state index < -0.39 is 0 Å². The van der Waals surface area contributed by atoms with Crippen LogP contribution in [0.25, 0.3) is 11.5 Å². The largest absolute Gasteiger partial charge is 0.492 e. The fraction of sp³-hybridized carbons (Fsp3) is 0.176. The Labute approximate surface area is 139 Å². The Morgan fingerprint density at radius 1 is 1.13 bits per heavy atom. The van der Waals surface area contributed by atoms with Crippen molar-refractivity contribution in [1.29, 1.82) is 0 Å². The highest BCUT2D eigenvalue weighted by atomic mass is 35.5. The Hall–Kier alpha value is -2.53. The van der Waals surface area contributed by atoms with Crippen molar-refractivity contribution in [3.63, 3.8) is 0 Å². The number of hydrogen-bond donors (Lipinski definition) is 1. The normalized spacial score (nSPS) is 10.5. The van der Waals surface area contributed by atoms with Gasteiger partial charge >= 0.3 is 0 Å². The van der Waals surface area contributed by atoms with Crippen LogP contribution in [0.15, 0.2) is 52.9 Å². The van der Waals surface area contributed by atoms with Gasteiger partial charge in [0, 0.05) is 10.6 Å². The van der Waals surface area contributed by atoms with Crippen molar-refractivity contribution in [1.82, 2.24) is 10.2 Å². The quantitative estimate of drug-likeness (QED) is 0.726. The molecule has 1 heterocycles. The van der Waals surface area contributed by atoms with E-state index in [-0.39, 0.29) is 0 Å². The van der Waals surface area contributed by atoms with Crippen LogP contribution in [0.4, 0.5) is 5.69 Å². The van der Waals surface area contributed by atoms with Crippen molar-refractivity contribution in [3.05, 3.63) is 59.4 Å². The van der Waals surface area contributed by atoms with Gasteiger partial charge in [-0.1, -0.05) is 29.8 Å². The zero-order valence-corrected chi connectivity index (χ0v) is 13.4. The monoisotopic (exact) mass is 329 g/mol. The molecule has 0 fully saturated rings. The Balaban J connectivity index is 1.70. The zero-order valence-electron chi connectivity index (χ0n) is 12.6. The highest BCUT2D eigenvalue weighted by molar-refractivity contribution is 6.30. The first kappa shape index (κ1) is 15.4. The number of benzene rings is 2. The fourth-order valence-electron chi connectivity index (χ4n) is 2.13. The second-order valence-corrected chi connectivity index (χ2v) is 5.23. The number of anilines is 1. The standard InChI is InChI=1S/C17H16ClN3O2/c1-2-22-15-9-4-3-8-14(15)19-11-16-20-21-17(23-16)12-6-5-7-13(18)10-12/h3-10,19H,2,11H2,1H3. The first-order valence-electron chi connectivity index (χ1n) is 7.30. The van der Waals surface area contributed by atoms with Gasteiger partial charge in [-0.2, -0.15) is 0 Å². The number of para-hydroxylation sites is 2. The van der Waals surface area contributed by atoms with Gasteiger partial charge in [0.15, 0.2) is 0 Å². The molecule has 0 bridgehead atoms. The summed E-state index contributed by atoms with van der Waals surface area (Å²) in [6.07, 6.45) is 0. The second-order valence-electron chi connectivity index (χ2n) is 4.79. The van der Waals surface area contributed by atoms with Crippen LogP contribution in [0, 0.1) is 0 Å². The molecule has 0 saturated heterocycles. The summed E-state index contributed by atoms with van der Waals surface area (Å²) in [5, 5.41) is 12.0. The molecule has 118 valence electrons. The van der Waals surface area contributed by atoms with Gasteiger partial charge in [0.05, 0.1) is 18.8 Å². The van der Waals surface area contributed by atoms with Crippen molar-refractivity contribution in [2.24, 2.45) is 0 Å². The maximum atomic E-state index is 5.97. The molecule has 0 unspecified atom stereocenters. The maximum Gasteiger partial charge on any atom is 0.247 e. The van der Waals surface area contributed by atoms with E-state index in [4.69, 9.17) is 20.8 Å². The smallest absolute Gasteiger partial charge is 0.247 e. The van der Waals surface area contributed by atoms with E-state index in [1.807, 2.05) is 43.3 Å². The van der Waals surface area contributed by atoms with Crippen LogP contribution in [-0.2, 0) is 6.54 Å². The number of aromatic nitrogens is 2. The van der Waals surface area contributed by atoms with Crippen LogP contribution in [-0.4, -0.2) is 16.8 Å². The molecule has 0 aliphatic rings. The van der Waals surface area contributed by atoms with E-state index in [9.17, 15) is 0 Å². The average molecular weight is 330 g/mol. The fourth-order valence-corrected chi connectivity index (χ4v) is 2.32. The molecule has 0 amide bonds. The van der Waals surface area contributed by atoms with Crippen LogP contribution >= 0.6 is 11.6 Å². The van der Waals surface area contributed by atoms with Crippen molar-refractivity contribution in [2.75, 3.05) is 11.9 Å². The minimum absolute atomic E-state index is 0.414. The summed E-state index contributed by atoms with van der Waals surface area (Å²) in [6.45, 7) is 2.97. The van der Waals surface area contributed by atoms with Crippen molar-refractivity contribution in [3.8, 4) is 17.2 Å². The minimum atomic E-state index is 0.414. The lowest BCUT2D eigenvalue weighted by atomic mass is 10.2. The van der Waals surface area contributed by atoms with E-state index in [1.165, 1.54) is 0 Å². The van der Waals surface area contributed by atoms with Crippen LogP contribution in [0.5, 0.6) is 5.75 Å². The van der Waals surface area contributed by atoms with Crippen LogP contribution in [0.2, 0.25) is 5.02 Å². The summed E-state index contributed by atoms with van der Waals surface area (Å²) in [4.78, 5) is 0. The third-order valence-electron chi connectivity index (χ3n) is 3.16. The molecule has 0 atom stereocenters. The molecule has 23 heavy (non-hydrogen) atoms. The second kappa shape index (κ2) is 7.15. The van der Waals surface area contributed by atoms with Gasteiger partial charge in [-0.05, 0) is 37.3 Å². The number of nitrogens with one attached hydrogen (secondary N) is 1. The van der Waals surface area contributed by atoms with Gasteiger partial charge in [0.1, 0.15) is 5.75 Å². The third-order valence-corrected chi connectivity index (χ3v) is 3.39. The first-order valence-corrected chi connectivity index (χ1v) is 7.68. The van der Waals surface area contributed by atoms with Gasteiger partial charge in [-0.15, -0.1) is 10.2 Å². The number of rotatable bonds is 6. The molecule has 6 heteroatoms. The summed E-state index contributed by atoms with van der Waals surface area (Å²) in [5.41, 5.74) is 1.68. The highest BCUT2D eigenvalue weighted by Crippen LogP contribution is 2.25. The molecule has 0 aliphatic heterocycles. The van der Waals surface area contributed by atoms with Crippen molar-refractivity contribution in [2.45, 2.75) is 13.5 Å². The molecule has 1 N–H and O–H groups in total. The third kappa shape index (κ3) is 3.81. The number of hydrogen-bond acceptors (Lipinski definition) is 5. The first-order chi connectivity index (χ1) is 11.3. The predicted octanol–water partition coefficient (Wildman–Crippen LogP) is 4.40. The molecule has 0 aliphatic carbocycles. The van der Waals surface area contributed by atoms with E-state index in [2.05, 4.69) is 15.5 Å². The minimum Gasteiger partial charge on any atom is -0.492 e. The molecule has 0 spiro atoms. The van der Waals surface area contributed by atoms with Gasteiger partial charge < -0.3 is 14.5 Å². The topological polar surface area (TPSA) is 60.2 Å². The zero-order chi connectivity index (χ0) is 16.1. The Kier molecular flexibility index (Phi) is 4.78. The summed E-state index contributed by atoms with van der Waals surface area (Å²) in [6, 6.07) is 15.0. The number of halogens is 1.